The highest BCUT2D eigenvalue weighted by Crippen LogP contribution is 2.16. The first kappa shape index (κ1) is 57.9. The van der Waals surface area contributed by atoms with Crippen LogP contribution in [0.25, 0.3) is 0 Å². The van der Waals surface area contributed by atoms with E-state index in [1.54, 1.807) is 11.0 Å². The van der Waals surface area contributed by atoms with E-state index >= 15 is 0 Å². The molecule has 4 rings (SSSR count). The molecule has 0 aliphatic carbocycles. The van der Waals surface area contributed by atoms with Gasteiger partial charge in [-0.2, -0.15) is 5.11 Å². The lowest BCUT2D eigenvalue weighted by Gasteiger charge is -2.12. The van der Waals surface area contributed by atoms with E-state index in [9.17, 15) is 4.79 Å². The summed E-state index contributed by atoms with van der Waals surface area (Å²) in [5.41, 5.74) is 3.04. The van der Waals surface area contributed by atoms with Gasteiger partial charge in [0.2, 0.25) is 0 Å². The molecule has 1 aromatic heterocycles. The number of ketones is 1. The zero-order valence-electron chi connectivity index (χ0n) is 33.0. The number of tetrazole rings is 1. The number of carbonyl (C=O) groups is 1. The first-order valence-electron chi connectivity index (χ1n) is 17.4. The minimum absolute atomic E-state index is 0. The van der Waals surface area contributed by atoms with Crippen molar-refractivity contribution in [2.45, 2.75) is 170 Å². The first-order chi connectivity index (χ1) is 22.2. The van der Waals surface area contributed by atoms with Crippen LogP contribution in [0.15, 0.2) is 44.4 Å². The van der Waals surface area contributed by atoms with Crippen molar-refractivity contribution >= 4 is 22.9 Å². The molecule has 290 valence electrons. The molecule has 4 heterocycles. The molecule has 3 aliphatic heterocycles. The van der Waals surface area contributed by atoms with E-state index in [2.05, 4.69) is 131 Å². The van der Waals surface area contributed by atoms with Gasteiger partial charge in [-0.25, -0.2) is 4.68 Å². The molecule has 0 amide bonds. The standard InChI is InChI=1S/C7H11NO2.C7H11NO.C5H9N3.C4H8N4.4C3H8.2CH4/c1-5(2)7-3-6(9)4-10-8-7;1-5(2)7-4-6(3)9-8-7;1-4(2)5-3-6-8-7-5;1-4(2)8-3-5-6-7-8;4*1-3-2;;/h5H,3-4H2,1-2H3;5H,3-4H2,1-2H3;4H,3H2,1-2H3;3-4H,1-2H3;4*3H2,1-2H3;2*1H4. The Balaban J connectivity index is -0.000000112. The minimum Gasteiger partial charge on any atom is -0.388 e. The Bertz CT molecular complexity index is 975. The Morgan fingerprint density at radius 1 is 0.735 bits per heavy atom. The van der Waals surface area contributed by atoms with Gasteiger partial charge in [-0.05, 0) is 47.3 Å². The third kappa shape index (κ3) is 39.0. The second-order valence-corrected chi connectivity index (χ2v) is 12.1. The van der Waals surface area contributed by atoms with Crippen LogP contribution >= 0.6 is 0 Å². The van der Waals surface area contributed by atoms with E-state index < -0.39 is 0 Å². The maximum absolute atomic E-state index is 10.8. The molecule has 0 bridgehead atoms. The lowest BCUT2D eigenvalue weighted by molar-refractivity contribution is -0.123. The van der Waals surface area contributed by atoms with Crippen LogP contribution in [0.5, 0.6) is 0 Å². The average Bonchev–Trinajstić information content (AvgIpc) is 3.80. The molecule has 0 aromatic carbocycles. The van der Waals surface area contributed by atoms with Crippen LogP contribution in [0.3, 0.4) is 0 Å². The molecular weight excluding hydrogens is 618 g/mol. The third-order valence-electron chi connectivity index (χ3n) is 4.82. The number of hydrogen-bond donors (Lipinski definition) is 0. The predicted octanol–water partition coefficient (Wildman–Crippen LogP) is 11.6. The fraction of sp³-hybridized carbons (Fsp3) is 0.811. The number of Topliss-reactive ketones (excluding diaryl/α,β-unsaturated/α-hetero) is 1. The maximum Gasteiger partial charge on any atom is 0.178 e. The Kier molecular flexibility index (Phi) is 48.3. The molecule has 0 spiro atoms. The Morgan fingerprint density at radius 3 is 1.39 bits per heavy atom. The van der Waals surface area contributed by atoms with Crippen LogP contribution in [-0.2, 0) is 14.5 Å². The Morgan fingerprint density at radius 2 is 1.18 bits per heavy atom. The molecule has 0 N–H and O–H groups in total. The molecular formula is C37H79N9O3. The molecule has 1 aromatic rings. The highest BCUT2D eigenvalue weighted by molar-refractivity contribution is 6.04. The summed E-state index contributed by atoms with van der Waals surface area (Å²) < 4.78 is 1.69. The van der Waals surface area contributed by atoms with Gasteiger partial charge in [0.1, 0.15) is 18.6 Å². The van der Waals surface area contributed by atoms with Gasteiger partial charge in [0.05, 0.1) is 23.6 Å². The van der Waals surface area contributed by atoms with Gasteiger partial charge in [-0.15, -0.1) is 10.2 Å². The van der Waals surface area contributed by atoms with Gasteiger partial charge < -0.3 is 9.68 Å². The van der Waals surface area contributed by atoms with Crippen LogP contribution in [0, 0.1) is 17.8 Å². The number of rotatable bonds is 4. The zero-order valence-corrected chi connectivity index (χ0v) is 33.0. The summed E-state index contributed by atoms with van der Waals surface area (Å²) in [6, 6.07) is 0.366. The molecule has 49 heavy (non-hydrogen) atoms. The van der Waals surface area contributed by atoms with Gasteiger partial charge in [-0.1, -0.05) is 154 Å². The smallest absolute Gasteiger partial charge is 0.178 e. The van der Waals surface area contributed by atoms with Crippen LogP contribution in [-0.4, -0.2) is 56.3 Å². The molecule has 0 atom stereocenters. The largest absolute Gasteiger partial charge is 0.388 e. The van der Waals surface area contributed by atoms with Gasteiger partial charge in [-0.3, -0.25) is 4.79 Å². The fourth-order valence-corrected chi connectivity index (χ4v) is 2.41. The van der Waals surface area contributed by atoms with Crippen molar-refractivity contribution < 1.29 is 14.5 Å². The third-order valence-corrected chi connectivity index (χ3v) is 4.82. The van der Waals surface area contributed by atoms with Gasteiger partial charge >= 0.3 is 0 Å². The molecule has 0 saturated carbocycles. The number of aromatic nitrogens is 4. The van der Waals surface area contributed by atoms with Gasteiger partial charge in [0.15, 0.2) is 12.4 Å². The highest BCUT2D eigenvalue weighted by Gasteiger charge is 2.16. The number of carbonyl (C=O) groups excluding carboxylic acids is 1. The first-order valence-corrected chi connectivity index (χ1v) is 17.4. The summed E-state index contributed by atoms with van der Waals surface area (Å²) in [5, 5.41) is 29.2. The molecule has 0 unspecified atom stereocenters. The Hall–Kier alpha value is -3.31. The van der Waals surface area contributed by atoms with Crippen LogP contribution < -0.4 is 0 Å². The number of hydrogen-bond acceptors (Lipinski definition) is 11. The van der Waals surface area contributed by atoms with Crippen LogP contribution in [0.1, 0.15) is 170 Å². The van der Waals surface area contributed by atoms with Gasteiger partial charge in [0, 0.05) is 12.5 Å². The second-order valence-electron chi connectivity index (χ2n) is 12.1. The van der Waals surface area contributed by atoms with Crippen molar-refractivity contribution in [3.8, 4) is 0 Å². The summed E-state index contributed by atoms with van der Waals surface area (Å²) in [7, 11) is 0. The zero-order chi connectivity index (χ0) is 37.2. The Labute approximate surface area is 302 Å². The highest BCUT2D eigenvalue weighted by atomic mass is 16.6. The van der Waals surface area contributed by atoms with Crippen LogP contribution in [0.4, 0.5) is 0 Å². The maximum atomic E-state index is 10.8. The monoisotopic (exact) mass is 698 g/mol. The van der Waals surface area contributed by atoms with Crippen molar-refractivity contribution in [1.82, 2.24) is 20.2 Å². The second kappa shape index (κ2) is 40.9. The minimum atomic E-state index is 0. The molecule has 12 heteroatoms. The van der Waals surface area contributed by atoms with Crippen LogP contribution in [0.2, 0.25) is 0 Å². The normalized spacial score (nSPS) is 13.2. The molecule has 12 nitrogen and oxygen atoms in total. The van der Waals surface area contributed by atoms with E-state index in [-0.39, 0.29) is 27.2 Å². The van der Waals surface area contributed by atoms with Crippen molar-refractivity contribution in [2.75, 3.05) is 13.2 Å². The summed E-state index contributed by atoms with van der Waals surface area (Å²) in [5.74, 6) is 2.20. The summed E-state index contributed by atoms with van der Waals surface area (Å²) in [6.45, 7) is 37.9. The van der Waals surface area contributed by atoms with Crippen molar-refractivity contribution in [3.05, 3.63) is 18.7 Å². The summed E-state index contributed by atoms with van der Waals surface area (Å²) in [6.07, 6.45) is 7.89. The lowest BCUT2D eigenvalue weighted by Crippen LogP contribution is -2.22. The molecule has 0 radical (unpaired) electrons. The summed E-state index contributed by atoms with van der Waals surface area (Å²) in [4.78, 5) is 20.3. The van der Waals surface area contributed by atoms with Crippen molar-refractivity contribution in [1.29, 1.82) is 0 Å². The van der Waals surface area contributed by atoms with E-state index in [0.717, 1.165) is 29.3 Å². The topological polar surface area (TPSA) is 141 Å². The average molecular weight is 698 g/mol. The quantitative estimate of drug-likeness (QED) is 0.306. The van der Waals surface area contributed by atoms with E-state index in [1.165, 1.54) is 25.7 Å². The summed E-state index contributed by atoms with van der Waals surface area (Å²) >= 11 is 0. The number of oxime groups is 2. The lowest BCUT2D eigenvalue weighted by atomic mass is 10.0. The van der Waals surface area contributed by atoms with E-state index in [4.69, 9.17) is 9.68 Å². The van der Waals surface area contributed by atoms with Crippen molar-refractivity contribution in [2.24, 2.45) is 43.5 Å². The van der Waals surface area contributed by atoms with Gasteiger partial charge in [0.25, 0.3) is 0 Å². The fourth-order valence-electron chi connectivity index (χ4n) is 2.41. The predicted molar refractivity (Wildman–Crippen MR) is 212 cm³/mol. The number of allylic oxidation sites excluding steroid dienone is 1. The molecule has 0 fully saturated rings. The SMILES string of the molecule is C.C.C=C1CC(C(C)C)=NO1.CC(C)C1=NN=NC1.CC(C)C1=NOCC(=O)C1.CC(C)n1cnnn1.CCC.CCC.CCC.CCC. The van der Waals surface area contributed by atoms with E-state index in [1.807, 2.05) is 27.7 Å². The molecule has 0 saturated heterocycles. The van der Waals surface area contributed by atoms with E-state index in [0.29, 0.717) is 36.8 Å². The molecule has 3 aliphatic rings. The number of nitrogens with zero attached hydrogens (tertiary/aromatic N) is 9. The van der Waals surface area contributed by atoms with Crippen molar-refractivity contribution in [3.63, 3.8) is 0 Å².